The molecule has 6 aromatic rings. The Labute approximate surface area is 190 Å². The zero-order valence-corrected chi connectivity index (χ0v) is 18.3. The summed E-state index contributed by atoms with van der Waals surface area (Å²) in [5.41, 5.74) is 3.39. The molecule has 6 rings (SSSR count). The molecular weight excluding hydrogens is 438 g/mol. The van der Waals surface area contributed by atoms with Gasteiger partial charge in [0, 0.05) is 17.3 Å². The Kier molecular flexibility index (Phi) is 4.52. The third-order valence-electron chi connectivity index (χ3n) is 5.02. The maximum absolute atomic E-state index is 13.1. The van der Waals surface area contributed by atoms with Crippen LogP contribution >= 0.6 is 22.7 Å². The van der Waals surface area contributed by atoms with Gasteiger partial charge in [-0.25, -0.2) is 4.68 Å². The van der Waals surface area contributed by atoms with Crippen molar-refractivity contribution in [2.45, 2.75) is 0 Å². The summed E-state index contributed by atoms with van der Waals surface area (Å²) in [6, 6.07) is 23.6. The fourth-order valence-corrected chi connectivity index (χ4v) is 5.13. The van der Waals surface area contributed by atoms with Gasteiger partial charge in [0.1, 0.15) is 5.69 Å². The fraction of sp³-hybridized carbons (Fsp3) is 0. The van der Waals surface area contributed by atoms with Crippen molar-refractivity contribution in [2.75, 3.05) is 0 Å². The lowest BCUT2D eigenvalue weighted by atomic mass is 10.2. The van der Waals surface area contributed by atoms with Crippen LogP contribution in [0.25, 0.3) is 38.7 Å². The van der Waals surface area contributed by atoms with Crippen LogP contribution in [0.3, 0.4) is 0 Å². The molecule has 0 N–H and O–H groups in total. The van der Waals surface area contributed by atoms with E-state index in [4.69, 9.17) is 5.10 Å². The summed E-state index contributed by atoms with van der Waals surface area (Å²) in [5, 5.41) is 11.3. The van der Waals surface area contributed by atoms with E-state index in [1.807, 2.05) is 95.1 Å². The van der Waals surface area contributed by atoms with Crippen LogP contribution in [0, 0.1) is 0 Å². The van der Waals surface area contributed by atoms with Crippen molar-refractivity contribution < 1.29 is 0 Å². The van der Waals surface area contributed by atoms with Gasteiger partial charge in [-0.15, -0.1) is 16.4 Å². The minimum Gasteiger partial charge on any atom is -0.266 e. The number of hydrogen-bond donors (Lipinski definition) is 0. The molecule has 0 bridgehead atoms. The first-order chi connectivity index (χ1) is 15.8. The van der Waals surface area contributed by atoms with E-state index in [0.717, 1.165) is 27.4 Å². The zero-order chi connectivity index (χ0) is 21.5. The third kappa shape index (κ3) is 3.26. The minimum atomic E-state index is -0.177. The van der Waals surface area contributed by atoms with Gasteiger partial charge in [-0.2, -0.15) is 14.6 Å². The smallest absolute Gasteiger partial charge is 0.266 e. The van der Waals surface area contributed by atoms with Gasteiger partial charge in [-0.1, -0.05) is 65.9 Å². The van der Waals surface area contributed by atoms with Crippen molar-refractivity contribution in [1.82, 2.24) is 24.4 Å². The largest absolute Gasteiger partial charge is 0.291 e. The van der Waals surface area contributed by atoms with Crippen molar-refractivity contribution >= 4 is 33.7 Å². The summed E-state index contributed by atoms with van der Waals surface area (Å²) < 4.78 is 3.80. The van der Waals surface area contributed by atoms with E-state index < -0.39 is 0 Å². The summed E-state index contributed by atoms with van der Waals surface area (Å²) in [4.78, 5) is 19.3. The van der Waals surface area contributed by atoms with E-state index in [9.17, 15) is 4.79 Å². The molecule has 0 aliphatic rings. The monoisotopic (exact) mass is 453 g/mol. The number of thiophene rings is 1. The molecule has 0 spiro atoms. The van der Waals surface area contributed by atoms with Crippen molar-refractivity contribution in [3.8, 4) is 27.6 Å². The molecule has 2 aromatic carbocycles. The van der Waals surface area contributed by atoms with Crippen LogP contribution < -0.4 is 10.1 Å². The number of hydrogen-bond acceptors (Lipinski definition) is 6. The summed E-state index contributed by atoms with van der Waals surface area (Å²) in [7, 11) is 0. The highest BCUT2D eigenvalue weighted by Crippen LogP contribution is 2.28. The van der Waals surface area contributed by atoms with Gasteiger partial charge in [0.05, 0.1) is 15.1 Å². The van der Waals surface area contributed by atoms with Crippen LogP contribution in [0.1, 0.15) is 5.56 Å². The maximum Gasteiger partial charge on any atom is 0.291 e. The first-order valence-electron chi connectivity index (χ1n) is 9.92. The molecule has 154 valence electrons. The molecule has 0 saturated heterocycles. The van der Waals surface area contributed by atoms with Gasteiger partial charge in [0.25, 0.3) is 5.56 Å². The average molecular weight is 454 g/mol. The highest BCUT2D eigenvalue weighted by atomic mass is 32.1. The summed E-state index contributed by atoms with van der Waals surface area (Å²) in [6.45, 7) is 0. The highest BCUT2D eigenvalue weighted by molar-refractivity contribution is 7.15. The lowest BCUT2D eigenvalue weighted by molar-refractivity contribution is 0.885. The normalized spacial score (nSPS) is 12.1. The zero-order valence-electron chi connectivity index (χ0n) is 16.6. The molecule has 0 atom stereocenters. The predicted octanol–water partition coefficient (Wildman–Crippen LogP) is 4.28. The number of fused-ring (bicyclic) bond motifs is 1. The van der Waals surface area contributed by atoms with Crippen LogP contribution in [0.2, 0.25) is 0 Å². The number of nitrogens with zero attached hydrogens (tertiary/aromatic N) is 5. The van der Waals surface area contributed by atoms with Crippen LogP contribution in [0.4, 0.5) is 0 Å². The SMILES string of the molecule is O=c1c(=Cc2cn(-c3ccccc3)nc2-c2cccs2)sc2nc(-c3ccccc3)nn12. The van der Waals surface area contributed by atoms with E-state index in [1.54, 1.807) is 11.3 Å². The second-order valence-electron chi connectivity index (χ2n) is 7.10. The quantitative estimate of drug-likeness (QED) is 0.400. The molecule has 0 radical (unpaired) electrons. The number of rotatable bonds is 4. The maximum atomic E-state index is 13.1. The van der Waals surface area contributed by atoms with Gasteiger partial charge in [0.2, 0.25) is 4.96 Å². The Bertz CT molecular complexity index is 1630. The number of thiazole rings is 1. The molecule has 4 aromatic heterocycles. The molecule has 0 unspecified atom stereocenters. The second-order valence-corrected chi connectivity index (χ2v) is 9.06. The van der Waals surface area contributed by atoms with Gasteiger partial charge in [-0.3, -0.25) is 4.79 Å². The topological polar surface area (TPSA) is 65.1 Å². The average Bonchev–Trinajstić information content (AvgIpc) is 3.62. The lowest BCUT2D eigenvalue weighted by Gasteiger charge is -1.99. The number of para-hydroxylation sites is 1. The van der Waals surface area contributed by atoms with Gasteiger partial charge < -0.3 is 0 Å². The molecular formula is C24H15N5OS2. The van der Waals surface area contributed by atoms with Crippen molar-refractivity contribution in [3.63, 3.8) is 0 Å². The summed E-state index contributed by atoms with van der Waals surface area (Å²) in [5.74, 6) is 0.552. The molecule has 32 heavy (non-hydrogen) atoms. The Hall–Kier alpha value is -3.88. The second kappa shape index (κ2) is 7.67. The summed E-state index contributed by atoms with van der Waals surface area (Å²) in [6.07, 6.45) is 3.84. The van der Waals surface area contributed by atoms with Crippen molar-refractivity contribution in [3.05, 3.63) is 105 Å². The molecule has 6 nitrogen and oxygen atoms in total. The van der Waals surface area contributed by atoms with Crippen LogP contribution in [0.5, 0.6) is 0 Å². The van der Waals surface area contributed by atoms with E-state index in [2.05, 4.69) is 10.1 Å². The lowest BCUT2D eigenvalue weighted by Crippen LogP contribution is -2.23. The van der Waals surface area contributed by atoms with E-state index in [-0.39, 0.29) is 5.56 Å². The van der Waals surface area contributed by atoms with Gasteiger partial charge >= 0.3 is 0 Å². The van der Waals surface area contributed by atoms with Crippen LogP contribution in [0.15, 0.2) is 89.2 Å². The molecule has 4 heterocycles. The van der Waals surface area contributed by atoms with Gasteiger partial charge in [0.15, 0.2) is 5.82 Å². The Morgan fingerprint density at radius 2 is 1.66 bits per heavy atom. The molecule has 0 fully saturated rings. The highest BCUT2D eigenvalue weighted by Gasteiger charge is 2.15. The summed E-state index contributed by atoms with van der Waals surface area (Å²) >= 11 is 2.95. The van der Waals surface area contributed by atoms with Gasteiger partial charge in [-0.05, 0) is 29.7 Å². The van der Waals surface area contributed by atoms with Crippen molar-refractivity contribution in [1.29, 1.82) is 0 Å². The van der Waals surface area contributed by atoms with E-state index >= 15 is 0 Å². The minimum absolute atomic E-state index is 0.177. The number of aromatic nitrogens is 5. The first kappa shape index (κ1) is 18.9. The molecule has 0 amide bonds. The molecule has 0 saturated carbocycles. The Balaban J connectivity index is 1.49. The Morgan fingerprint density at radius 3 is 2.38 bits per heavy atom. The fourth-order valence-electron chi connectivity index (χ4n) is 3.50. The first-order valence-corrected chi connectivity index (χ1v) is 11.6. The molecule has 0 aliphatic heterocycles. The van der Waals surface area contributed by atoms with Crippen molar-refractivity contribution in [2.24, 2.45) is 0 Å². The van der Waals surface area contributed by atoms with Crippen LogP contribution in [-0.2, 0) is 0 Å². The third-order valence-corrected chi connectivity index (χ3v) is 6.85. The molecule has 8 heteroatoms. The predicted molar refractivity (Wildman–Crippen MR) is 128 cm³/mol. The van der Waals surface area contributed by atoms with Crippen LogP contribution in [-0.4, -0.2) is 24.4 Å². The Morgan fingerprint density at radius 1 is 0.875 bits per heavy atom. The van der Waals surface area contributed by atoms with E-state index in [0.29, 0.717) is 15.3 Å². The standard InChI is InChI=1S/C24H15N5OS2/c30-23-20(32-24-25-22(27-29(23)24)16-8-3-1-4-9-16)14-17-15-28(18-10-5-2-6-11-18)26-21(17)19-12-7-13-31-19/h1-15H. The van der Waals surface area contributed by atoms with E-state index in [1.165, 1.54) is 15.9 Å². The number of benzene rings is 2. The molecule has 0 aliphatic carbocycles.